The van der Waals surface area contributed by atoms with E-state index in [1.807, 2.05) is 0 Å². The van der Waals surface area contributed by atoms with Gasteiger partial charge >= 0.3 is 0 Å². The predicted molar refractivity (Wildman–Crippen MR) is 119 cm³/mol. The standard InChI is InChI=1S/C23H39N5/c1-3-14-27-17-11-22(12-18-27)26-23(24-4-2)25-13-7-15-28-16-10-20-8-5-6-9-21(20)19-28/h5-6,8-9,22H,3-4,7,10-19H2,1-2H3,(H2,24,25,26). The summed E-state index contributed by atoms with van der Waals surface area (Å²) >= 11 is 0. The Morgan fingerprint density at radius 2 is 1.82 bits per heavy atom. The van der Waals surface area contributed by atoms with E-state index >= 15 is 0 Å². The lowest BCUT2D eigenvalue weighted by atomic mass is 10.00. The Morgan fingerprint density at radius 3 is 2.57 bits per heavy atom. The summed E-state index contributed by atoms with van der Waals surface area (Å²) in [6.45, 7) is 13.3. The number of guanidine groups is 1. The molecule has 2 N–H and O–H groups in total. The summed E-state index contributed by atoms with van der Waals surface area (Å²) in [6.07, 6.45) is 5.99. The summed E-state index contributed by atoms with van der Waals surface area (Å²) in [5.74, 6) is 1.00. The molecule has 2 aliphatic rings. The van der Waals surface area contributed by atoms with Crippen LogP contribution in [0.1, 0.15) is 50.7 Å². The van der Waals surface area contributed by atoms with Crippen LogP contribution in [0.4, 0.5) is 0 Å². The third-order valence-corrected chi connectivity index (χ3v) is 5.92. The molecule has 0 spiro atoms. The zero-order valence-electron chi connectivity index (χ0n) is 17.9. The summed E-state index contributed by atoms with van der Waals surface area (Å²) in [5, 5.41) is 7.10. The summed E-state index contributed by atoms with van der Waals surface area (Å²) in [5.41, 5.74) is 3.03. The van der Waals surface area contributed by atoms with Gasteiger partial charge in [-0.05, 0) is 56.7 Å². The number of nitrogens with zero attached hydrogens (tertiary/aromatic N) is 3. The number of rotatable bonds is 8. The molecule has 2 heterocycles. The van der Waals surface area contributed by atoms with Gasteiger partial charge in [-0.1, -0.05) is 31.2 Å². The van der Waals surface area contributed by atoms with Gasteiger partial charge in [0.15, 0.2) is 5.96 Å². The van der Waals surface area contributed by atoms with E-state index in [2.05, 4.69) is 58.5 Å². The predicted octanol–water partition coefficient (Wildman–Crippen LogP) is 2.86. The van der Waals surface area contributed by atoms with E-state index in [0.717, 1.165) is 38.6 Å². The second-order valence-corrected chi connectivity index (χ2v) is 8.17. The summed E-state index contributed by atoms with van der Waals surface area (Å²) in [6, 6.07) is 9.43. The van der Waals surface area contributed by atoms with E-state index in [9.17, 15) is 0 Å². The van der Waals surface area contributed by atoms with E-state index in [-0.39, 0.29) is 0 Å². The molecule has 1 aromatic rings. The van der Waals surface area contributed by atoms with Crippen molar-refractivity contribution in [2.75, 3.05) is 45.8 Å². The molecule has 2 aliphatic heterocycles. The fraction of sp³-hybridized carbons (Fsp3) is 0.696. The second kappa shape index (κ2) is 11.4. The zero-order chi connectivity index (χ0) is 19.6. The molecule has 0 aromatic heterocycles. The quantitative estimate of drug-likeness (QED) is 0.410. The number of piperidine rings is 1. The molecule has 156 valence electrons. The highest BCUT2D eigenvalue weighted by Crippen LogP contribution is 2.18. The van der Waals surface area contributed by atoms with Crippen molar-refractivity contribution < 1.29 is 0 Å². The topological polar surface area (TPSA) is 42.9 Å². The number of nitrogens with one attached hydrogen (secondary N) is 2. The van der Waals surface area contributed by atoms with Crippen LogP contribution in [0.3, 0.4) is 0 Å². The molecule has 3 rings (SSSR count). The zero-order valence-corrected chi connectivity index (χ0v) is 17.9. The van der Waals surface area contributed by atoms with Gasteiger partial charge in [0.2, 0.25) is 0 Å². The van der Waals surface area contributed by atoms with Crippen LogP contribution in [-0.2, 0) is 13.0 Å². The van der Waals surface area contributed by atoms with Crippen molar-refractivity contribution in [1.29, 1.82) is 0 Å². The monoisotopic (exact) mass is 385 g/mol. The Morgan fingerprint density at radius 1 is 1.04 bits per heavy atom. The Labute approximate surface area is 171 Å². The summed E-state index contributed by atoms with van der Waals surface area (Å²) in [7, 11) is 0. The largest absolute Gasteiger partial charge is 0.357 e. The Balaban J connectivity index is 1.39. The molecule has 28 heavy (non-hydrogen) atoms. The van der Waals surface area contributed by atoms with Crippen molar-refractivity contribution in [2.45, 2.75) is 58.5 Å². The maximum Gasteiger partial charge on any atom is 0.191 e. The van der Waals surface area contributed by atoms with Crippen LogP contribution >= 0.6 is 0 Å². The fourth-order valence-corrected chi connectivity index (χ4v) is 4.36. The van der Waals surface area contributed by atoms with E-state index in [1.54, 1.807) is 0 Å². The van der Waals surface area contributed by atoms with Crippen LogP contribution in [0, 0.1) is 0 Å². The third kappa shape index (κ3) is 6.49. The molecule has 0 unspecified atom stereocenters. The number of fused-ring (bicyclic) bond motifs is 1. The average Bonchev–Trinajstić information content (AvgIpc) is 2.73. The number of benzene rings is 1. The minimum atomic E-state index is 0.560. The van der Waals surface area contributed by atoms with Gasteiger partial charge in [0.25, 0.3) is 0 Å². The lowest BCUT2D eigenvalue weighted by molar-refractivity contribution is 0.206. The molecule has 0 saturated carbocycles. The van der Waals surface area contributed by atoms with Crippen molar-refractivity contribution in [3.63, 3.8) is 0 Å². The molecule has 1 aromatic carbocycles. The Bertz CT molecular complexity index is 607. The van der Waals surface area contributed by atoms with E-state index in [4.69, 9.17) is 4.99 Å². The van der Waals surface area contributed by atoms with E-state index in [1.165, 1.54) is 63.0 Å². The first kappa shape index (κ1) is 21.1. The first-order valence-electron chi connectivity index (χ1n) is 11.3. The maximum atomic E-state index is 4.85. The lowest BCUT2D eigenvalue weighted by Crippen LogP contribution is -2.48. The highest BCUT2D eigenvalue weighted by molar-refractivity contribution is 5.80. The van der Waals surface area contributed by atoms with Crippen molar-refractivity contribution in [1.82, 2.24) is 20.4 Å². The van der Waals surface area contributed by atoms with Gasteiger partial charge in [-0.15, -0.1) is 0 Å². The molecular formula is C23H39N5. The van der Waals surface area contributed by atoms with Crippen LogP contribution < -0.4 is 10.6 Å². The molecular weight excluding hydrogens is 346 g/mol. The molecule has 1 fully saturated rings. The van der Waals surface area contributed by atoms with Crippen LogP contribution in [0.2, 0.25) is 0 Å². The Kier molecular flexibility index (Phi) is 8.62. The maximum absolute atomic E-state index is 4.85. The first-order valence-corrected chi connectivity index (χ1v) is 11.3. The van der Waals surface area contributed by atoms with Gasteiger partial charge in [-0.25, -0.2) is 0 Å². The van der Waals surface area contributed by atoms with Crippen LogP contribution in [0.5, 0.6) is 0 Å². The minimum absolute atomic E-state index is 0.560. The van der Waals surface area contributed by atoms with Crippen molar-refractivity contribution >= 4 is 5.96 Å². The molecule has 0 bridgehead atoms. The number of hydrogen-bond donors (Lipinski definition) is 2. The van der Waals surface area contributed by atoms with E-state index < -0.39 is 0 Å². The number of likely N-dealkylation sites (tertiary alicyclic amines) is 1. The smallest absolute Gasteiger partial charge is 0.191 e. The highest BCUT2D eigenvalue weighted by Gasteiger charge is 2.19. The van der Waals surface area contributed by atoms with Crippen molar-refractivity contribution in [3.05, 3.63) is 35.4 Å². The second-order valence-electron chi connectivity index (χ2n) is 8.17. The van der Waals surface area contributed by atoms with E-state index in [0.29, 0.717) is 6.04 Å². The fourth-order valence-electron chi connectivity index (χ4n) is 4.36. The van der Waals surface area contributed by atoms with Crippen LogP contribution in [0.25, 0.3) is 0 Å². The SMILES string of the molecule is CCCN1CCC(NC(=NCCCN2CCc3ccccc3C2)NCC)CC1. The lowest BCUT2D eigenvalue weighted by Gasteiger charge is -2.32. The highest BCUT2D eigenvalue weighted by atomic mass is 15.2. The molecule has 0 amide bonds. The minimum Gasteiger partial charge on any atom is -0.357 e. The van der Waals surface area contributed by atoms with Crippen LogP contribution in [0.15, 0.2) is 29.3 Å². The molecule has 5 nitrogen and oxygen atoms in total. The molecule has 5 heteroatoms. The normalized spacial score (nSPS) is 19.4. The van der Waals surface area contributed by atoms with Gasteiger partial charge < -0.3 is 15.5 Å². The van der Waals surface area contributed by atoms with Gasteiger partial charge in [-0.3, -0.25) is 9.89 Å². The summed E-state index contributed by atoms with van der Waals surface area (Å²) < 4.78 is 0. The van der Waals surface area contributed by atoms with Crippen molar-refractivity contribution in [3.8, 4) is 0 Å². The van der Waals surface area contributed by atoms with Gasteiger partial charge in [0.1, 0.15) is 0 Å². The van der Waals surface area contributed by atoms with Crippen molar-refractivity contribution in [2.24, 2.45) is 4.99 Å². The number of hydrogen-bond acceptors (Lipinski definition) is 3. The third-order valence-electron chi connectivity index (χ3n) is 5.92. The first-order chi connectivity index (χ1) is 13.8. The van der Waals surface area contributed by atoms with Crippen LogP contribution in [-0.4, -0.2) is 67.6 Å². The number of aliphatic imine (C=N–C) groups is 1. The Hall–Kier alpha value is -1.59. The molecule has 0 atom stereocenters. The molecule has 0 radical (unpaired) electrons. The van der Waals surface area contributed by atoms with Gasteiger partial charge in [-0.2, -0.15) is 0 Å². The summed E-state index contributed by atoms with van der Waals surface area (Å²) in [4.78, 5) is 10.00. The van der Waals surface area contributed by atoms with Gasteiger partial charge in [0.05, 0.1) is 0 Å². The molecule has 1 saturated heterocycles. The molecule has 0 aliphatic carbocycles. The van der Waals surface area contributed by atoms with Gasteiger partial charge in [0, 0.05) is 51.9 Å². The average molecular weight is 386 g/mol.